The van der Waals surface area contributed by atoms with Gasteiger partial charge in [0.1, 0.15) is 5.69 Å². The Labute approximate surface area is 227 Å². The predicted octanol–water partition coefficient (Wildman–Crippen LogP) is 5.18. The van der Waals surface area contributed by atoms with E-state index in [2.05, 4.69) is 32.7 Å². The zero-order valence-electron chi connectivity index (χ0n) is 21.5. The molecule has 2 N–H and O–H groups in total. The summed E-state index contributed by atoms with van der Waals surface area (Å²) in [6, 6.07) is 32.4. The van der Waals surface area contributed by atoms with E-state index in [1.165, 1.54) is 0 Å². The third-order valence-electron chi connectivity index (χ3n) is 6.46. The Kier molecular flexibility index (Phi) is 8.35. The summed E-state index contributed by atoms with van der Waals surface area (Å²) in [5.41, 5.74) is 5.03. The van der Waals surface area contributed by atoms with Gasteiger partial charge in [0.25, 0.3) is 0 Å². The largest absolute Gasteiger partial charge is 0.392 e. The van der Waals surface area contributed by atoms with Crippen LogP contribution in [0, 0.1) is 0 Å². The molecule has 2 amide bonds. The van der Waals surface area contributed by atoms with Crippen molar-refractivity contribution in [2.75, 3.05) is 5.32 Å². The van der Waals surface area contributed by atoms with Crippen LogP contribution in [-0.2, 0) is 26.1 Å². The standard InChI is InChI=1S/C31H30N6O2/c38-23-26-16-14-25(15-17-26)20-37(31(39)33-27-11-5-2-6-12-27)28(19-24-9-3-1-4-10-24)21-36-22-30(34-35-36)29-13-7-8-18-32-29/h1-18,22,28,38H,19-21,23H2,(H,33,39)/t28-/m0/s1. The maximum absolute atomic E-state index is 13.8. The van der Waals surface area contributed by atoms with E-state index in [0.29, 0.717) is 25.2 Å². The summed E-state index contributed by atoms with van der Waals surface area (Å²) >= 11 is 0. The van der Waals surface area contributed by atoms with Crippen molar-refractivity contribution in [2.24, 2.45) is 0 Å². The van der Waals surface area contributed by atoms with Gasteiger partial charge in [-0.25, -0.2) is 9.48 Å². The number of rotatable bonds is 10. The number of para-hydroxylation sites is 1. The van der Waals surface area contributed by atoms with E-state index < -0.39 is 0 Å². The van der Waals surface area contributed by atoms with Gasteiger partial charge in [-0.15, -0.1) is 5.10 Å². The Hall–Kier alpha value is -4.82. The molecule has 39 heavy (non-hydrogen) atoms. The second kappa shape index (κ2) is 12.6. The van der Waals surface area contributed by atoms with E-state index in [1.807, 2.05) is 102 Å². The van der Waals surface area contributed by atoms with E-state index in [0.717, 1.165) is 28.1 Å². The fourth-order valence-electron chi connectivity index (χ4n) is 4.42. The highest BCUT2D eigenvalue weighted by Crippen LogP contribution is 2.19. The Balaban J connectivity index is 1.47. The first-order valence-electron chi connectivity index (χ1n) is 12.8. The zero-order chi connectivity index (χ0) is 26.9. The molecule has 3 aromatic carbocycles. The number of pyridine rings is 1. The molecular weight excluding hydrogens is 488 g/mol. The van der Waals surface area contributed by atoms with Gasteiger partial charge in [-0.2, -0.15) is 0 Å². The molecule has 8 nitrogen and oxygen atoms in total. The van der Waals surface area contributed by atoms with Crippen LogP contribution >= 0.6 is 0 Å². The molecule has 0 bridgehead atoms. The summed E-state index contributed by atoms with van der Waals surface area (Å²) in [7, 11) is 0. The number of nitrogens with zero attached hydrogens (tertiary/aromatic N) is 5. The van der Waals surface area contributed by atoms with Crippen LogP contribution in [0.25, 0.3) is 11.4 Å². The van der Waals surface area contributed by atoms with Gasteiger partial charge in [0.05, 0.1) is 31.1 Å². The molecule has 5 aromatic rings. The number of urea groups is 1. The highest BCUT2D eigenvalue weighted by atomic mass is 16.3. The third-order valence-corrected chi connectivity index (χ3v) is 6.46. The van der Waals surface area contributed by atoms with Gasteiger partial charge in [-0.1, -0.05) is 84.1 Å². The van der Waals surface area contributed by atoms with E-state index in [1.54, 1.807) is 10.9 Å². The van der Waals surface area contributed by atoms with E-state index in [4.69, 9.17) is 0 Å². The lowest BCUT2D eigenvalue weighted by molar-refractivity contribution is 0.171. The number of amides is 2. The van der Waals surface area contributed by atoms with E-state index in [9.17, 15) is 9.90 Å². The lowest BCUT2D eigenvalue weighted by Crippen LogP contribution is -2.45. The topological polar surface area (TPSA) is 96.2 Å². The molecule has 2 aromatic heterocycles. The fraction of sp³-hybridized carbons (Fsp3) is 0.161. The summed E-state index contributed by atoms with van der Waals surface area (Å²) in [5, 5.41) is 21.2. The van der Waals surface area contributed by atoms with Gasteiger partial charge >= 0.3 is 6.03 Å². The number of benzene rings is 3. The minimum absolute atomic E-state index is 0.0278. The van der Waals surface area contributed by atoms with Gasteiger partial charge in [-0.3, -0.25) is 4.98 Å². The van der Waals surface area contributed by atoms with Crippen molar-refractivity contribution < 1.29 is 9.90 Å². The number of carbonyl (C=O) groups excluding carboxylic acids is 1. The Morgan fingerprint density at radius 1 is 0.821 bits per heavy atom. The third kappa shape index (κ3) is 6.94. The lowest BCUT2D eigenvalue weighted by Gasteiger charge is -2.32. The Bertz CT molecular complexity index is 1460. The minimum atomic E-state index is -0.244. The van der Waals surface area contributed by atoms with Gasteiger partial charge in [-0.05, 0) is 47.4 Å². The fourth-order valence-corrected chi connectivity index (χ4v) is 4.42. The van der Waals surface area contributed by atoms with Gasteiger partial charge in [0, 0.05) is 18.4 Å². The van der Waals surface area contributed by atoms with E-state index >= 15 is 0 Å². The average molecular weight is 519 g/mol. The molecule has 196 valence electrons. The first-order chi connectivity index (χ1) is 19.2. The Morgan fingerprint density at radius 2 is 1.51 bits per heavy atom. The van der Waals surface area contributed by atoms with Crippen molar-refractivity contribution in [1.82, 2.24) is 24.9 Å². The Morgan fingerprint density at radius 3 is 2.21 bits per heavy atom. The molecule has 0 spiro atoms. The highest BCUT2D eigenvalue weighted by Gasteiger charge is 2.26. The van der Waals surface area contributed by atoms with Crippen LogP contribution < -0.4 is 5.32 Å². The summed E-state index contributed by atoms with van der Waals surface area (Å²) in [4.78, 5) is 20.0. The SMILES string of the molecule is O=C(Nc1ccccc1)N(Cc1ccc(CO)cc1)[C@@H](Cc1ccccc1)Cn1cc(-c2ccccn2)nn1. The number of anilines is 1. The number of aromatic nitrogens is 4. The lowest BCUT2D eigenvalue weighted by atomic mass is 10.0. The average Bonchev–Trinajstić information content (AvgIpc) is 3.46. The maximum atomic E-state index is 13.8. The number of hydrogen-bond donors (Lipinski definition) is 2. The van der Waals surface area contributed by atoms with Crippen molar-refractivity contribution >= 4 is 11.7 Å². The molecule has 0 radical (unpaired) electrons. The first kappa shape index (κ1) is 25.8. The first-order valence-corrected chi connectivity index (χ1v) is 12.8. The molecule has 0 aliphatic rings. The van der Waals surface area contributed by atoms with Crippen LogP contribution in [0.2, 0.25) is 0 Å². The van der Waals surface area contributed by atoms with Crippen LogP contribution in [0.5, 0.6) is 0 Å². The zero-order valence-corrected chi connectivity index (χ0v) is 21.5. The molecule has 0 saturated heterocycles. The number of carbonyl (C=O) groups is 1. The summed E-state index contributed by atoms with van der Waals surface area (Å²) < 4.78 is 1.77. The molecule has 0 saturated carbocycles. The molecule has 1 atom stereocenters. The predicted molar refractivity (Wildman–Crippen MR) is 151 cm³/mol. The summed E-state index contributed by atoms with van der Waals surface area (Å²) in [5.74, 6) is 0. The molecule has 8 heteroatoms. The van der Waals surface area contributed by atoms with Crippen molar-refractivity contribution in [2.45, 2.75) is 32.2 Å². The number of aliphatic hydroxyl groups excluding tert-OH is 1. The second-order valence-corrected chi connectivity index (χ2v) is 9.28. The van der Waals surface area contributed by atoms with Gasteiger partial charge in [0.15, 0.2) is 0 Å². The number of hydrogen-bond acceptors (Lipinski definition) is 5. The molecule has 0 unspecified atom stereocenters. The van der Waals surface area contributed by atoms with Crippen molar-refractivity contribution in [3.05, 3.63) is 132 Å². The van der Waals surface area contributed by atoms with Crippen LogP contribution in [0.1, 0.15) is 16.7 Å². The van der Waals surface area contributed by atoms with Crippen molar-refractivity contribution in [1.29, 1.82) is 0 Å². The summed E-state index contributed by atoms with van der Waals surface area (Å²) in [6.07, 6.45) is 4.21. The van der Waals surface area contributed by atoms with Gasteiger partial charge in [0.2, 0.25) is 0 Å². The molecule has 2 heterocycles. The van der Waals surface area contributed by atoms with Crippen LogP contribution in [0.15, 0.2) is 116 Å². The van der Waals surface area contributed by atoms with Crippen LogP contribution in [0.4, 0.5) is 10.5 Å². The minimum Gasteiger partial charge on any atom is -0.392 e. The quantitative estimate of drug-likeness (QED) is 0.266. The van der Waals surface area contributed by atoms with E-state index in [-0.39, 0.29) is 18.7 Å². The number of nitrogens with one attached hydrogen (secondary N) is 1. The summed E-state index contributed by atoms with van der Waals surface area (Å²) in [6.45, 7) is 0.787. The second-order valence-electron chi connectivity index (χ2n) is 9.28. The van der Waals surface area contributed by atoms with Gasteiger partial charge < -0.3 is 15.3 Å². The van der Waals surface area contributed by atoms with Crippen molar-refractivity contribution in [3.8, 4) is 11.4 Å². The monoisotopic (exact) mass is 518 g/mol. The van der Waals surface area contributed by atoms with Crippen molar-refractivity contribution in [3.63, 3.8) is 0 Å². The maximum Gasteiger partial charge on any atom is 0.322 e. The number of aliphatic hydroxyl groups is 1. The van der Waals surface area contributed by atoms with Crippen LogP contribution in [0.3, 0.4) is 0 Å². The normalized spacial score (nSPS) is 11.6. The molecular formula is C31H30N6O2. The van der Waals surface area contributed by atoms with Crippen LogP contribution in [-0.4, -0.2) is 42.1 Å². The molecule has 0 aliphatic carbocycles. The smallest absolute Gasteiger partial charge is 0.322 e. The molecule has 5 rings (SSSR count). The molecule has 0 aliphatic heterocycles. The molecule has 0 fully saturated rings. The highest BCUT2D eigenvalue weighted by molar-refractivity contribution is 5.89.